The van der Waals surface area contributed by atoms with Crippen LogP contribution in [0.5, 0.6) is 0 Å². The van der Waals surface area contributed by atoms with Crippen molar-refractivity contribution < 1.29 is 9.72 Å². The molecule has 0 aromatic heterocycles. The third-order valence-electron chi connectivity index (χ3n) is 3.51. The van der Waals surface area contributed by atoms with Gasteiger partial charge in [-0.25, -0.2) is 20.7 Å². The van der Waals surface area contributed by atoms with Gasteiger partial charge in [-0.3, -0.25) is 15.1 Å². The van der Waals surface area contributed by atoms with Crippen LogP contribution in [0, 0.1) is 10.1 Å². The summed E-state index contributed by atoms with van der Waals surface area (Å²) in [6, 6.07) is 15.1. The molecule has 23 heavy (non-hydrogen) atoms. The van der Waals surface area contributed by atoms with E-state index in [1.165, 1.54) is 22.2 Å². The Hall–Kier alpha value is -2.97. The Morgan fingerprint density at radius 3 is 2.30 bits per heavy atom. The number of rotatable bonds is 3. The lowest BCUT2D eigenvalue weighted by Gasteiger charge is -2.39. The molecule has 0 aliphatic carbocycles. The highest BCUT2D eigenvalue weighted by molar-refractivity contribution is 5.91. The van der Waals surface area contributed by atoms with Crippen molar-refractivity contribution in [3.8, 4) is 0 Å². The average Bonchev–Trinajstić information content (AvgIpc) is 2.58. The van der Waals surface area contributed by atoms with E-state index in [9.17, 15) is 14.9 Å². The van der Waals surface area contributed by atoms with Crippen LogP contribution in [0.2, 0.25) is 0 Å². The Labute approximate surface area is 132 Å². The number of hydrogen-bond acceptors (Lipinski definition) is 5. The molecule has 1 aliphatic heterocycles. The minimum absolute atomic E-state index is 0.0221. The number of para-hydroxylation sites is 1. The Balaban J connectivity index is 1.86. The minimum atomic E-state index is -0.447. The quantitative estimate of drug-likeness (QED) is 0.669. The molecule has 2 aromatic rings. The lowest BCUT2D eigenvalue weighted by atomic mass is 10.1. The van der Waals surface area contributed by atoms with Gasteiger partial charge in [0.05, 0.1) is 10.6 Å². The molecule has 0 bridgehead atoms. The second kappa shape index (κ2) is 6.03. The van der Waals surface area contributed by atoms with Gasteiger partial charge in [-0.15, -0.1) is 0 Å². The smallest absolute Gasteiger partial charge is 0.259 e. The van der Waals surface area contributed by atoms with Crippen LogP contribution in [0.15, 0.2) is 54.6 Å². The molecular weight excluding hydrogens is 298 g/mol. The summed E-state index contributed by atoms with van der Waals surface area (Å²) < 4.78 is 0. The van der Waals surface area contributed by atoms with Gasteiger partial charge in [0, 0.05) is 19.2 Å². The molecule has 2 amide bonds. The molecule has 2 aromatic carbocycles. The van der Waals surface area contributed by atoms with Crippen molar-refractivity contribution in [2.24, 2.45) is 0 Å². The minimum Gasteiger partial charge on any atom is -0.259 e. The summed E-state index contributed by atoms with van der Waals surface area (Å²) in [7, 11) is 1.62. The normalized spacial score (nSPS) is 18.1. The lowest BCUT2D eigenvalue weighted by molar-refractivity contribution is -0.384. The number of anilines is 1. The van der Waals surface area contributed by atoms with Gasteiger partial charge in [-0.05, 0) is 29.8 Å². The molecule has 1 heterocycles. The maximum atomic E-state index is 12.3. The standard InChI is InChI=1S/C15H15N5O3/c1-18-15(21)19(12-5-3-2-4-6-12)17-14(16-18)11-7-9-13(10-8-11)20(22)23/h2-10,14,16-17H,1H3. The van der Waals surface area contributed by atoms with E-state index >= 15 is 0 Å². The van der Waals surface area contributed by atoms with E-state index < -0.39 is 11.1 Å². The third kappa shape index (κ3) is 2.98. The Morgan fingerprint density at radius 2 is 1.70 bits per heavy atom. The Bertz CT molecular complexity index is 720. The van der Waals surface area contributed by atoms with Crippen molar-refractivity contribution in [3.63, 3.8) is 0 Å². The van der Waals surface area contributed by atoms with E-state index in [4.69, 9.17) is 0 Å². The van der Waals surface area contributed by atoms with Crippen molar-refractivity contribution in [2.45, 2.75) is 6.17 Å². The van der Waals surface area contributed by atoms with Crippen molar-refractivity contribution in [3.05, 3.63) is 70.3 Å². The molecule has 0 radical (unpaired) electrons. The fraction of sp³-hybridized carbons (Fsp3) is 0.133. The summed E-state index contributed by atoms with van der Waals surface area (Å²) in [6.07, 6.45) is -0.390. The number of hydrogen-bond donors (Lipinski definition) is 2. The van der Waals surface area contributed by atoms with Gasteiger partial charge in [0.1, 0.15) is 6.17 Å². The van der Waals surface area contributed by atoms with E-state index in [1.54, 1.807) is 19.2 Å². The van der Waals surface area contributed by atoms with Gasteiger partial charge in [0.15, 0.2) is 0 Å². The fourth-order valence-corrected chi connectivity index (χ4v) is 2.31. The zero-order chi connectivity index (χ0) is 16.4. The molecular formula is C15H15N5O3. The van der Waals surface area contributed by atoms with Gasteiger partial charge < -0.3 is 0 Å². The largest absolute Gasteiger partial charge is 0.353 e. The Morgan fingerprint density at radius 1 is 1.04 bits per heavy atom. The molecule has 2 N–H and O–H groups in total. The first kappa shape index (κ1) is 14.9. The molecule has 1 fully saturated rings. The molecule has 1 aliphatic rings. The number of carbonyl (C=O) groups is 1. The number of nitrogens with one attached hydrogen (secondary N) is 2. The van der Waals surface area contributed by atoms with Crippen LogP contribution in [0.4, 0.5) is 16.2 Å². The number of benzene rings is 2. The number of nitrogens with zero attached hydrogens (tertiary/aromatic N) is 3. The molecule has 1 atom stereocenters. The summed E-state index contributed by atoms with van der Waals surface area (Å²) in [5.41, 5.74) is 7.57. The van der Waals surface area contributed by atoms with Crippen LogP contribution < -0.4 is 15.9 Å². The van der Waals surface area contributed by atoms with Crippen LogP contribution in [-0.4, -0.2) is 23.0 Å². The van der Waals surface area contributed by atoms with Crippen molar-refractivity contribution in [1.29, 1.82) is 0 Å². The predicted molar refractivity (Wildman–Crippen MR) is 84.2 cm³/mol. The number of non-ortho nitro benzene ring substituents is 1. The first-order chi connectivity index (χ1) is 11.1. The molecule has 1 saturated heterocycles. The molecule has 8 heteroatoms. The highest BCUT2D eigenvalue weighted by Gasteiger charge is 2.30. The van der Waals surface area contributed by atoms with E-state index in [0.29, 0.717) is 5.69 Å². The predicted octanol–water partition coefficient (Wildman–Crippen LogP) is 2.17. The summed E-state index contributed by atoms with van der Waals surface area (Å²) in [4.78, 5) is 22.6. The van der Waals surface area contributed by atoms with Crippen LogP contribution >= 0.6 is 0 Å². The summed E-state index contributed by atoms with van der Waals surface area (Å²) in [5, 5.41) is 13.5. The van der Waals surface area contributed by atoms with Crippen LogP contribution in [0.3, 0.4) is 0 Å². The maximum absolute atomic E-state index is 12.3. The second-order valence-corrected chi connectivity index (χ2v) is 5.05. The highest BCUT2D eigenvalue weighted by atomic mass is 16.6. The topological polar surface area (TPSA) is 90.8 Å². The summed E-state index contributed by atoms with van der Waals surface area (Å²) in [6.45, 7) is 0. The number of hydrazine groups is 2. The first-order valence-electron chi connectivity index (χ1n) is 6.96. The van der Waals surface area contributed by atoms with Gasteiger partial charge in [-0.2, -0.15) is 0 Å². The van der Waals surface area contributed by atoms with Crippen LogP contribution in [-0.2, 0) is 0 Å². The number of amides is 2. The SMILES string of the molecule is CN1NC(c2ccc([N+](=O)[O-])cc2)NN(c2ccccc2)C1=O. The van der Waals surface area contributed by atoms with Gasteiger partial charge in [-0.1, -0.05) is 18.2 Å². The van der Waals surface area contributed by atoms with Crippen LogP contribution in [0.25, 0.3) is 0 Å². The number of urea groups is 1. The summed E-state index contributed by atoms with van der Waals surface area (Å²) >= 11 is 0. The number of carbonyl (C=O) groups excluding carboxylic acids is 1. The number of nitro groups is 1. The molecule has 118 valence electrons. The van der Waals surface area contributed by atoms with Crippen LogP contribution in [0.1, 0.15) is 11.7 Å². The van der Waals surface area contributed by atoms with Gasteiger partial charge in [0.25, 0.3) is 5.69 Å². The van der Waals surface area contributed by atoms with Crippen molar-refractivity contribution in [2.75, 3.05) is 12.1 Å². The Kier molecular flexibility index (Phi) is 3.92. The molecule has 3 rings (SSSR count). The van der Waals surface area contributed by atoms with Gasteiger partial charge in [0.2, 0.25) is 0 Å². The maximum Gasteiger partial charge on any atom is 0.353 e. The molecule has 0 saturated carbocycles. The monoisotopic (exact) mass is 313 g/mol. The van der Waals surface area contributed by atoms with Crippen molar-refractivity contribution >= 4 is 17.4 Å². The second-order valence-electron chi connectivity index (χ2n) is 5.05. The van der Waals surface area contributed by atoms with E-state index in [1.807, 2.05) is 30.3 Å². The molecule has 0 spiro atoms. The third-order valence-corrected chi connectivity index (χ3v) is 3.51. The summed E-state index contributed by atoms with van der Waals surface area (Å²) in [5.74, 6) is 0. The van der Waals surface area contributed by atoms with E-state index in [2.05, 4.69) is 10.9 Å². The highest BCUT2D eigenvalue weighted by Crippen LogP contribution is 2.22. The molecule has 8 nitrogen and oxygen atoms in total. The lowest BCUT2D eigenvalue weighted by Crippen LogP contribution is -2.64. The average molecular weight is 313 g/mol. The zero-order valence-electron chi connectivity index (χ0n) is 12.3. The first-order valence-corrected chi connectivity index (χ1v) is 6.96. The van der Waals surface area contributed by atoms with Gasteiger partial charge >= 0.3 is 6.03 Å². The zero-order valence-corrected chi connectivity index (χ0v) is 12.3. The van der Waals surface area contributed by atoms with E-state index in [-0.39, 0.29) is 11.7 Å². The fourth-order valence-electron chi connectivity index (χ4n) is 2.31. The number of nitro benzene ring substituents is 1. The molecule has 1 unspecified atom stereocenters. The van der Waals surface area contributed by atoms with E-state index in [0.717, 1.165) is 5.56 Å². The van der Waals surface area contributed by atoms with Crippen molar-refractivity contribution in [1.82, 2.24) is 15.9 Å².